The number of rotatable bonds is 12. The van der Waals surface area contributed by atoms with Crippen molar-refractivity contribution in [3.8, 4) is 0 Å². The van der Waals surface area contributed by atoms with E-state index in [0.29, 0.717) is 6.04 Å². The number of hydrogen-bond acceptors (Lipinski definition) is 3. The van der Waals surface area contributed by atoms with E-state index in [1.807, 2.05) is 19.3 Å². The fraction of sp³-hybridized carbons (Fsp3) is 0.812. The van der Waals surface area contributed by atoms with Crippen LogP contribution < -0.4 is 5.32 Å². The van der Waals surface area contributed by atoms with E-state index in [4.69, 9.17) is 4.74 Å². The van der Waals surface area contributed by atoms with Gasteiger partial charge in [-0.2, -0.15) is 0 Å². The summed E-state index contributed by atoms with van der Waals surface area (Å²) in [7, 11) is 0. The van der Waals surface area contributed by atoms with Crippen molar-refractivity contribution < 1.29 is 4.74 Å². The molecule has 0 spiro atoms. The molecule has 20 heavy (non-hydrogen) atoms. The van der Waals surface area contributed by atoms with Gasteiger partial charge in [-0.05, 0) is 26.7 Å². The van der Waals surface area contributed by atoms with E-state index in [1.54, 1.807) is 0 Å². The number of ether oxygens (including phenoxy) is 1. The molecule has 0 bridgehead atoms. The molecule has 1 atom stereocenters. The summed E-state index contributed by atoms with van der Waals surface area (Å²) in [6.07, 6.45) is 11.4. The van der Waals surface area contributed by atoms with E-state index in [-0.39, 0.29) is 0 Å². The summed E-state index contributed by atoms with van der Waals surface area (Å²) in [5.74, 6) is 0.990. The molecule has 0 aliphatic rings. The molecule has 1 rings (SSSR count). The Kier molecular flexibility index (Phi) is 9.13. The van der Waals surface area contributed by atoms with Gasteiger partial charge in [-0.3, -0.25) is 0 Å². The van der Waals surface area contributed by atoms with Crippen LogP contribution in [-0.4, -0.2) is 28.8 Å². The van der Waals surface area contributed by atoms with Crippen LogP contribution in [0.15, 0.2) is 12.4 Å². The molecular formula is C16H31N3O. The van der Waals surface area contributed by atoms with Gasteiger partial charge in [0.15, 0.2) is 0 Å². The van der Waals surface area contributed by atoms with Crippen molar-refractivity contribution in [2.45, 2.75) is 71.9 Å². The Morgan fingerprint density at radius 1 is 1.25 bits per heavy atom. The first-order chi connectivity index (χ1) is 9.77. The molecule has 116 valence electrons. The number of unbranched alkanes of at least 4 members (excludes halogenated alkanes) is 3. The van der Waals surface area contributed by atoms with Gasteiger partial charge in [0.05, 0.1) is 0 Å². The van der Waals surface area contributed by atoms with Gasteiger partial charge in [-0.15, -0.1) is 0 Å². The first-order valence-corrected chi connectivity index (χ1v) is 8.13. The predicted octanol–water partition coefficient (Wildman–Crippen LogP) is 4.08. The van der Waals surface area contributed by atoms with Crippen molar-refractivity contribution in [2.24, 2.45) is 0 Å². The summed E-state index contributed by atoms with van der Waals surface area (Å²) in [5, 5.41) is 3.52. The molecule has 0 radical (unpaired) electrons. The zero-order valence-electron chi connectivity index (χ0n) is 13.4. The highest BCUT2D eigenvalue weighted by Crippen LogP contribution is 2.11. The maximum Gasteiger partial charge on any atom is 0.202 e. The normalized spacial score (nSPS) is 12.6. The SMILES string of the molecule is CCCCCCC(C)Nc1nccn1CCCOCC. The standard InChI is InChI=1S/C16H31N3O/c1-4-6-7-8-10-15(3)18-16-17-11-13-19(16)12-9-14-20-5-2/h11,13,15H,4-10,12,14H2,1-3H3,(H,17,18). The zero-order valence-corrected chi connectivity index (χ0v) is 13.4. The molecule has 0 fully saturated rings. The lowest BCUT2D eigenvalue weighted by atomic mass is 10.1. The largest absolute Gasteiger partial charge is 0.382 e. The third kappa shape index (κ3) is 6.94. The minimum Gasteiger partial charge on any atom is -0.382 e. The fourth-order valence-corrected chi connectivity index (χ4v) is 2.28. The molecule has 1 aromatic heterocycles. The smallest absolute Gasteiger partial charge is 0.202 e. The lowest BCUT2D eigenvalue weighted by molar-refractivity contribution is 0.142. The molecule has 0 amide bonds. The molecule has 1 N–H and O–H groups in total. The zero-order chi connectivity index (χ0) is 14.6. The number of anilines is 1. The van der Waals surface area contributed by atoms with Crippen LogP contribution in [0.5, 0.6) is 0 Å². The van der Waals surface area contributed by atoms with Crippen LogP contribution in [0.4, 0.5) is 5.95 Å². The maximum atomic E-state index is 5.37. The molecule has 0 aromatic carbocycles. The van der Waals surface area contributed by atoms with Crippen molar-refractivity contribution in [1.29, 1.82) is 0 Å². The second kappa shape index (κ2) is 10.7. The minimum atomic E-state index is 0.486. The second-order valence-corrected chi connectivity index (χ2v) is 5.39. The summed E-state index contributed by atoms with van der Waals surface area (Å²) < 4.78 is 7.56. The molecule has 0 aliphatic carbocycles. The lowest BCUT2D eigenvalue weighted by Crippen LogP contribution is -2.18. The lowest BCUT2D eigenvalue weighted by Gasteiger charge is -2.16. The summed E-state index contributed by atoms with van der Waals surface area (Å²) in [4.78, 5) is 4.41. The predicted molar refractivity (Wildman–Crippen MR) is 85.2 cm³/mol. The minimum absolute atomic E-state index is 0.486. The molecule has 1 unspecified atom stereocenters. The van der Waals surface area contributed by atoms with Gasteiger partial charge >= 0.3 is 0 Å². The van der Waals surface area contributed by atoms with Crippen LogP contribution in [-0.2, 0) is 11.3 Å². The van der Waals surface area contributed by atoms with Gasteiger partial charge in [-0.1, -0.05) is 32.6 Å². The maximum absolute atomic E-state index is 5.37. The van der Waals surface area contributed by atoms with Gasteiger partial charge in [0.1, 0.15) is 0 Å². The Morgan fingerprint density at radius 3 is 2.85 bits per heavy atom. The average Bonchev–Trinajstić information content (AvgIpc) is 2.87. The van der Waals surface area contributed by atoms with Crippen molar-refractivity contribution in [3.05, 3.63) is 12.4 Å². The first-order valence-electron chi connectivity index (χ1n) is 8.13. The van der Waals surface area contributed by atoms with Crippen LogP contribution in [0.3, 0.4) is 0 Å². The Labute approximate surface area is 123 Å². The van der Waals surface area contributed by atoms with E-state index >= 15 is 0 Å². The number of hydrogen-bond donors (Lipinski definition) is 1. The molecular weight excluding hydrogens is 250 g/mol. The van der Waals surface area contributed by atoms with Crippen molar-refractivity contribution in [3.63, 3.8) is 0 Å². The first kappa shape index (κ1) is 17.0. The third-order valence-electron chi connectivity index (χ3n) is 3.47. The molecule has 0 saturated carbocycles. The van der Waals surface area contributed by atoms with E-state index < -0.39 is 0 Å². The van der Waals surface area contributed by atoms with Gasteiger partial charge in [-0.25, -0.2) is 4.98 Å². The van der Waals surface area contributed by atoms with Gasteiger partial charge in [0.25, 0.3) is 0 Å². The van der Waals surface area contributed by atoms with E-state index in [2.05, 4.69) is 28.7 Å². The highest BCUT2D eigenvalue weighted by atomic mass is 16.5. The molecule has 4 heteroatoms. The van der Waals surface area contributed by atoms with Crippen LogP contribution in [0, 0.1) is 0 Å². The van der Waals surface area contributed by atoms with E-state index in [9.17, 15) is 0 Å². The summed E-state index contributed by atoms with van der Waals surface area (Å²) in [5.41, 5.74) is 0. The van der Waals surface area contributed by atoms with Crippen LogP contribution in [0.1, 0.15) is 59.3 Å². The summed E-state index contributed by atoms with van der Waals surface area (Å²) in [6, 6.07) is 0.486. The number of nitrogens with one attached hydrogen (secondary N) is 1. The Balaban J connectivity index is 2.26. The Bertz CT molecular complexity index is 338. The number of imidazole rings is 1. The summed E-state index contributed by atoms with van der Waals surface area (Å²) in [6.45, 7) is 9.10. The number of aromatic nitrogens is 2. The second-order valence-electron chi connectivity index (χ2n) is 5.39. The fourth-order valence-electron chi connectivity index (χ4n) is 2.28. The average molecular weight is 281 g/mol. The van der Waals surface area contributed by atoms with Crippen LogP contribution in [0.2, 0.25) is 0 Å². The number of aryl methyl sites for hydroxylation is 1. The van der Waals surface area contributed by atoms with Gasteiger partial charge in [0, 0.05) is 38.2 Å². The van der Waals surface area contributed by atoms with Gasteiger partial charge < -0.3 is 14.6 Å². The molecule has 0 saturated heterocycles. The molecule has 4 nitrogen and oxygen atoms in total. The highest BCUT2D eigenvalue weighted by molar-refractivity contribution is 5.27. The van der Waals surface area contributed by atoms with Crippen LogP contribution >= 0.6 is 0 Å². The van der Waals surface area contributed by atoms with Gasteiger partial charge in [0.2, 0.25) is 5.95 Å². The third-order valence-corrected chi connectivity index (χ3v) is 3.47. The molecule has 0 aliphatic heterocycles. The Morgan fingerprint density at radius 2 is 2.10 bits per heavy atom. The summed E-state index contributed by atoms with van der Waals surface area (Å²) >= 11 is 0. The van der Waals surface area contributed by atoms with Crippen molar-refractivity contribution in [1.82, 2.24) is 9.55 Å². The highest BCUT2D eigenvalue weighted by Gasteiger charge is 2.06. The van der Waals surface area contributed by atoms with Crippen LogP contribution in [0.25, 0.3) is 0 Å². The van der Waals surface area contributed by atoms with Crippen molar-refractivity contribution in [2.75, 3.05) is 18.5 Å². The quantitative estimate of drug-likeness (QED) is 0.587. The Hall–Kier alpha value is -1.03. The van der Waals surface area contributed by atoms with E-state index in [0.717, 1.165) is 32.1 Å². The van der Waals surface area contributed by atoms with Crippen molar-refractivity contribution >= 4 is 5.95 Å². The number of nitrogens with zero attached hydrogens (tertiary/aromatic N) is 2. The molecule has 1 heterocycles. The molecule has 1 aromatic rings. The van der Waals surface area contributed by atoms with E-state index in [1.165, 1.54) is 32.1 Å². The topological polar surface area (TPSA) is 39.1 Å². The monoisotopic (exact) mass is 281 g/mol.